The summed E-state index contributed by atoms with van der Waals surface area (Å²) in [5.74, 6) is 0. The zero-order chi connectivity index (χ0) is 14.2. The number of para-hydroxylation sites is 2. The summed E-state index contributed by atoms with van der Waals surface area (Å²) in [6.45, 7) is 1.39. The molecular formula is C13H14ClN3O2S. The molecule has 0 atom stereocenters. The number of aromatic nitrogens is 2. The average Bonchev–Trinajstić information content (AvgIpc) is 2.47. The molecule has 1 saturated heterocycles. The first-order valence-corrected chi connectivity index (χ1v) is 8.38. The molecule has 0 unspecified atom stereocenters. The van der Waals surface area contributed by atoms with Gasteiger partial charge in [-0.1, -0.05) is 23.7 Å². The Bertz CT molecular complexity index is 742. The Hall–Kier alpha value is -1.24. The number of piperidine rings is 1. The molecule has 0 bridgehead atoms. The summed E-state index contributed by atoms with van der Waals surface area (Å²) >= 11 is 6.04. The van der Waals surface area contributed by atoms with Crippen LogP contribution in [0.15, 0.2) is 29.3 Å². The standard InChI is InChI=1S/C13H14ClN3O2S/c14-12-13(17-11-4-2-1-3-10(11)16-12)20(18,19)9-5-7-15-8-6-9/h1-4,9,15H,5-8H2. The van der Waals surface area contributed by atoms with Crippen molar-refractivity contribution < 1.29 is 8.42 Å². The number of benzene rings is 1. The van der Waals surface area contributed by atoms with E-state index < -0.39 is 15.1 Å². The van der Waals surface area contributed by atoms with Crippen LogP contribution in [-0.4, -0.2) is 36.7 Å². The van der Waals surface area contributed by atoms with E-state index in [1.54, 1.807) is 18.2 Å². The van der Waals surface area contributed by atoms with E-state index in [4.69, 9.17) is 11.6 Å². The highest BCUT2D eigenvalue weighted by Crippen LogP contribution is 2.27. The molecule has 2 aromatic rings. The van der Waals surface area contributed by atoms with E-state index in [-0.39, 0.29) is 10.2 Å². The van der Waals surface area contributed by atoms with Crippen molar-refractivity contribution in [3.8, 4) is 0 Å². The molecule has 1 aromatic heterocycles. The molecule has 0 saturated carbocycles. The van der Waals surface area contributed by atoms with Crippen molar-refractivity contribution in [1.29, 1.82) is 0 Å². The Kier molecular flexibility index (Phi) is 3.62. The van der Waals surface area contributed by atoms with Crippen molar-refractivity contribution in [2.24, 2.45) is 0 Å². The van der Waals surface area contributed by atoms with E-state index in [1.807, 2.05) is 6.07 Å². The molecule has 2 heterocycles. The van der Waals surface area contributed by atoms with Crippen LogP contribution < -0.4 is 5.32 Å². The second kappa shape index (κ2) is 5.27. The second-order valence-corrected chi connectivity index (χ2v) is 7.30. The molecular weight excluding hydrogens is 298 g/mol. The summed E-state index contributed by atoms with van der Waals surface area (Å²) in [6, 6.07) is 7.11. The van der Waals surface area contributed by atoms with E-state index >= 15 is 0 Å². The van der Waals surface area contributed by atoms with Gasteiger partial charge < -0.3 is 5.32 Å². The summed E-state index contributed by atoms with van der Waals surface area (Å²) in [6.07, 6.45) is 1.15. The highest BCUT2D eigenvalue weighted by Gasteiger charge is 2.32. The van der Waals surface area contributed by atoms with Gasteiger partial charge in [-0.05, 0) is 38.1 Å². The van der Waals surface area contributed by atoms with Crippen molar-refractivity contribution >= 4 is 32.5 Å². The van der Waals surface area contributed by atoms with E-state index in [0.717, 1.165) is 0 Å². The summed E-state index contributed by atoms with van der Waals surface area (Å²) in [5, 5.41) is 2.58. The zero-order valence-corrected chi connectivity index (χ0v) is 12.3. The van der Waals surface area contributed by atoms with Crippen LogP contribution in [0.25, 0.3) is 11.0 Å². The average molecular weight is 312 g/mol. The molecule has 1 aliphatic rings. The van der Waals surface area contributed by atoms with Gasteiger partial charge in [0.15, 0.2) is 10.2 Å². The highest BCUT2D eigenvalue weighted by molar-refractivity contribution is 7.92. The third-order valence-electron chi connectivity index (χ3n) is 3.49. The lowest BCUT2D eigenvalue weighted by atomic mass is 10.2. The summed E-state index contributed by atoms with van der Waals surface area (Å²) in [7, 11) is -3.53. The van der Waals surface area contributed by atoms with Crippen molar-refractivity contribution in [3.63, 3.8) is 0 Å². The lowest BCUT2D eigenvalue weighted by Crippen LogP contribution is -2.36. The molecule has 0 aliphatic carbocycles. The van der Waals surface area contributed by atoms with Gasteiger partial charge in [0, 0.05) is 0 Å². The van der Waals surface area contributed by atoms with Crippen molar-refractivity contribution in [2.45, 2.75) is 23.1 Å². The highest BCUT2D eigenvalue weighted by atomic mass is 35.5. The lowest BCUT2D eigenvalue weighted by Gasteiger charge is -2.22. The number of nitrogens with one attached hydrogen (secondary N) is 1. The Balaban J connectivity index is 2.10. The van der Waals surface area contributed by atoms with E-state index in [0.29, 0.717) is 37.0 Å². The second-order valence-electron chi connectivity index (χ2n) is 4.80. The van der Waals surface area contributed by atoms with Crippen LogP contribution >= 0.6 is 11.6 Å². The largest absolute Gasteiger partial charge is 0.317 e. The van der Waals surface area contributed by atoms with E-state index in [9.17, 15) is 8.42 Å². The predicted molar refractivity (Wildman–Crippen MR) is 77.6 cm³/mol. The van der Waals surface area contributed by atoms with Crippen LogP contribution in [-0.2, 0) is 9.84 Å². The fourth-order valence-electron chi connectivity index (χ4n) is 2.41. The van der Waals surface area contributed by atoms with Gasteiger partial charge in [-0.15, -0.1) is 0 Å². The topological polar surface area (TPSA) is 72.0 Å². The summed E-state index contributed by atoms with van der Waals surface area (Å²) < 4.78 is 25.3. The van der Waals surface area contributed by atoms with Gasteiger partial charge >= 0.3 is 0 Å². The van der Waals surface area contributed by atoms with Gasteiger partial charge in [0.25, 0.3) is 0 Å². The number of fused-ring (bicyclic) bond motifs is 1. The molecule has 1 N–H and O–H groups in total. The maximum Gasteiger partial charge on any atom is 0.201 e. The predicted octanol–water partition coefficient (Wildman–Crippen LogP) is 1.81. The van der Waals surface area contributed by atoms with Crippen LogP contribution in [0, 0.1) is 0 Å². The zero-order valence-electron chi connectivity index (χ0n) is 10.7. The van der Waals surface area contributed by atoms with Gasteiger partial charge in [0.2, 0.25) is 9.84 Å². The van der Waals surface area contributed by atoms with Crippen LogP contribution in [0.4, 0.5) is 0 Å². The van der Waals surface area contributed by atoms with Crippen molar-refractivity contribution in [3.05, 3.63) is 29.4 Å². The minimum Gasteiger partial charge on any atom is -0.317 e. The number of halogens is 1. The van der Waals surface area contributed by atoms with Gasteiger partial charge in [-0.25, -0.2) is 18.4 Å². The minimum atomic E-state index is -3.53. The van der Waals surface area contributed by atoms with Crippen LogP contribution in [0.3, 0.4) is 0 Å². The Morgan fingerprint density at radius 3 is 2.35 bits per heavy atom. The number of rotatable bonds is 2. The van der Waals surface area contributed by atoms with Gasteiger partial charge in [-0.2, -0.15) is 0 Å². The molecule has 0 radical (unpaired) electrons. The molecule has 1 aliphatic heterocycles. The van der Waals surface area contributed by atoms with E-state index in [2.05, 4.69) is 15.3 Å². The van der Waals surface area contributed by atoms with E-state index in [1.165, 1.54) is 0 Å². The number of sulfone groups is 1. The Morgan fingerprint density at radius 2 is 1.70 bits per heavy atom. The summed E-state index contributed by atoms with van der Waals surface area (Å²) in [4.78, 5) is 8.36. The first-order valence-electron chi connectivity index (χ1n) is 6.46. The first-order chi connectivity index (χ1) is 9.59. The molecule has 106 valence electrons. The smallest absolute Gasteiger partial charge is 0.201 e. The van der Waals surface area contributed by atoms with Crippen LogP contribution in [0.5, 0.6) is 0 Å². The molecule has 1 aromatic carbocycles. The normalized spacial score (nSPS) is 17.4. The summed E-state index contributed by atoms with van der Waals surface area (Å²) in [5.41, 5.74) is 1.14. The Labute approximate surface area is 122 Å². The Morgan fingerprint density at radius 1 is 1.10 bits per heavy atom. The molecule has 20 heavy (non-hydrogen) atoms. The number of hydrogen-bond donors (Lipinski definition) is 1. The van der Waals surface area contributed by atoms with Gasteiger partial charge in [0.1, 0.15) is 0 Å². The number of hydrogen-bond acceptors (Lipinski definition) is 5. The first kappa shape index (κ1) is 13.7. The molecule has 0 amide bonds. The third-order valence-corrected chi connectivity index (χ3v) is 6.04. The SMILES string of the molecule is O=S(=O)(c1nc2ccccc2nc1Cl)C1CCNCC1. The fourth-order valence-corrected chi connectivity index (χ4v) is 4.54. The lowest BCUT2D eigenvalue weighted by molar-refractivity contribution is 0.494. The molecule has 3 rings (SSSR count). The maximum absolute atomic E-state index is 12.6. The van der Waals surface area contributed by atoms with Crippen LogP contribution in [0.1, 0.15) is 12.8 Å². The molecule has 1 fully saturated rings. The fraction of sp³-hybridized carbons (Fsp3) is 0.385. The molecule has 0 spiro atoms. The minimum absolute atomic E-state index is 0.0396. The molecule has 7 heteroatoms. The van der Waals surface area contributed by atoms with Gasteiger partial charge in [-0.3, -0.25) is 0 Å². The molecule has 5 nitrogen and oxygen atoms in total. The third kappa shape index (κ3) is 2.39. The van der Waals surface area contributed by atoms with Crippen molar-refractivity contribution in [1.82, 2.24) is 15.3 Å². The van der Waals surface area contributed by atoms with Crippen LogP contribution in [0.2, 0.25) is 5.15 Å². The van der Waals surface area contributed by atoms with Gasteiger partial charge in [0.05, 0.1) is 16.3 Å². The quantitative estimate of drug-likeness (QED) is 0.916. The number of nitrogens with zero attached hydrogens (tertiary/aromatic N) is 2. The van der Waals surface area contributed by atoms with Crippen molar-refractivity contribution in [2.75, 3.05) is 13.1 Å². The maximum atomic E-state index is 12.6. The monoisotopic (exact) mass is 311 g/mol.